The summed E-state index contributed by atoms with van der Waals surface area (Å²) in [6.45, 7) is 4.31. The highest BCUT2D eigenvalue weighted by Crippen LogP contribution is 2.16. The zero-order chi connectivity index (χ0) is 17.2. The van der Waals surface area contributed by atoms with E-state index in [1.807, 2.05) is 0 Å². The molecule has 130 valence electrons. The molecular formula is C14H26O7S. The van der Waals surface area contributed by atoms with Crippen molar-refractivity contribution in [3.63, 3.8) is 0 Å². The van der Waals surface area contributed by atoms with Crippen molar-refractivity contribution in [2.75, 3.05) is 6.61 Å². The van der Waals surface area contributed by atoms with Gasteiger partial charge in [-0.25, -0.2) is 0 Å². The van der Waals surface area contributed by atoms with Crippen LogP contribution < -0.4 is 0 Å². The Morgan fingerprint density at radius 1 is 1.09 bits per heavy atom. The number of carbonyl (C=O) groups is 2. The monoisotopic (exact) mass is 338 g/mol. The summed E-state index contributed by atoms with van der Waals surface area (Å²) in [5.74, 6) is -2.02. The van der Waals surface area contributed by atoms with E-state index in [9.17, 15) is 18.0 Å². The normalized spacial score (nSPS) is 13.1. The summed E-state index contributed by atoms with van der Waals surface area (Å²) in [6, 6.07) is 0. The van der Waals surface area contributed by atoms with Gasteiger partial charge in [-0.2, -0.15) is 8.42 Å². The van der Waals surface area contributed by atoms with E-state index >= 15 is 0 Å². The van der Waals surface area contributed by atoms with Crippen LogP contribution in [0.2, 0.25) is 0 Å². The number of unbranched alkanes of at least 4 members (excludes halogenated alkanes) is 2. The second-order valence-electron chi connectivity index (χ2n) is 5.30. The van der Waals surface area contributed by atoms with E-state index in [0.717, 1.165) is 32.1 Å². The quantitative estimate of drug-likeness (QED) is 0.318. The Bertz CT molecular complexity index is 440. The van der Waals surface area contributed by atoms with Gasteiger partial charge in [-0.1, -0.05) is 46.0 Å². The highest BCUT2D eigenvalue weighted by molar-refractivity contribution is 7.87. The number of hydrogen-bond donors (Lipinski definition) is 2. The lowest BCUT2D eigenvalue weighted by molar-refractivity contribution is -0.147. The molecule has 22 heavy (non-hydrogen) atoms. The summed E-state index contributed by atoms with van der Waals surface area (Å²) in [4.78, 5) is 22.0. The first-order valence-corrected chi connectivity index (χ1v) is 9.07. The lowest BCUT2D eigenvalue weighted by Crippen LogP contribution is -2.34. The van der Waals surface area contributed by atoms with Gasteiger partial charge in [0.05, 0.1) is 13.0 Å². The highest BCUT2D eigenvalue weighted by Gasteiger charge is 2.34. The minimum Gasteiger partial charge on any atom is -0.481 e. The van der Waals surface area contributed by atoms with Crippen LogP contribution in [-0.4, -0.2) is 41.9 Å². The third-order valence-corrected chi connectivity index (χ3v) is 4.72. The van der Waals surface area contributed by atoms with E-state index in [2.05, 4.69) is 13.8 Å². The lowest BCUT2D eigenvalue weighted by atomic mass is 9.96. The molecular weight excluding hydrogens is 312 g/mol. The first kappa shape index (κ1) is 20.9. The molecule has 0 aliphatic rings. The molecule has 0 saturated heterocycles. The third kappa shape index (κ3) is 8.99. The number of carbonyl (C=O) groups excluding carboxylic acids is 1. The van der Waals surface area contributed by atoms with E-state index in [0.29, 0.717) is 12.3 Å². The molecule has 0 aliphatic carbocycles. The van der Waals surface area contributed by atoms with E-state index < -0.39 is 33.7 Å². The molecule has 0 aromatic heterocycles. The molecule has 0 saturated carbocycles. The van der Waals surface area contributed by atoms with Gasteiger partial charge in [0.2, 0.25) is 0 Å². The summed E-state index contributed by atoms with van der Waals surface area (Å²) in [5.41, 5.74) is 0. The smallest absolute Gasteiger partial charge is 0.327 e. The van der Waals surface area contributed by atoms with E-state index in [4.69, 9.17) is 14.4 Å². The first-order chi connectivity index (χ1) is 10.2. The predicted octanol–water partition coefficient (Wildman–Crippen LogP) is 2.26. The molecule has 0 aliphatic heterocycles. The number of hydrogen-bond acceptors (Lipinski definition) is 5. The predicted molar refractivity (Wildman–Crippen MR) is 81.1 cm³/mol. The van der Waals surface area contributed by atoms with Crippen LogP contribution in [-0.2, 0) is 24.4 Å². The molecule has 0 rings (SSSR count). The molecule has 0 amide bonds. The van der Waals surface area contributed by atoms with Gasteiger partial charge < -0.3 is 9.84 Å². The minimum atomic E-state index is -4.78. The van der Waals surface area contributed by atoms with Crippen molar-refractivity contribution in [1.82, 2.24) is 0 Å². The maximum atomic E-state index is 11.5. The zero-order valence-corrected chi connectivity index (χ0v) is 14.0. The van der Waals surface area contributed by atoms with E-state index in [1.54, 1.807) is 0 Å². The van der Waals surface area contributed by atoms with Crippen LogP contribution in [0.3, 0.4) is 0 Å². The van der Waals surface area contributed by atoms with Crippen LogP contribution in [0.25, 0.3) is 0 Å². The van der Waals surface area contributed by atoms with Crippen molar-refractivity contribution in [2.24, 2.45) is 5.92 Å². The fraction of sp³-hybridized carbons (Fsp3) is 0.857. The minimum absolute atomic E-state index is 0.0212. The maximum absolute atomic E-state index is 11.5. The van der Waals surface area contributed by atoms with Crippen molar-refractivity contribution in [3.05, 3.63) is 0 Å². The molecule has 0 spiro atoms. The molecule has 0 aromatic carbocycles. The van der Waals surface area contributed by atoms with Crippen LogP contribution in [0.1, 0.15) is 58.8 Å². The fourth-order valence-electron chi connectivity index (χ4n) is 2.14. The molecule has 0 radical (unpaired) electrons. The van der Waals surface area contributed by atoms with Gasteiger partial charge in [0.1, 0.15) is 0 Å². The Labute approximate surface area is 131 Å². The van der Waals surface area contributed by atoms with Crippen molar-refractivity contribution in [3.8, 4) is 0 Å². The third-order valence-electron chi connectivity index (χ3n) is 3.64. The largest absolute Gasteiger partial charge is 0.481 e. The SMILES string of the molecule is CCC(CC)CCCCCOC(=O)C(CC(=O)O)S(=O)(=O)O. The molecule has 0 bridgehead atoms. The molecule has 2 N–H and O–H groups in total. The molecule has 7 nitrogen and oxygen atoms in total. The standard InChI is InChI=1S/C14H26O7S/c1-3-11(4-2)8-6-5-7-9-21-14(17)12(10-13(15)16)22(18,19)20/h11-12H,3-10H2,1-2H3,(H,15,16)(H,18,19,20). The number of esters is 1. The summed E-state index contributed by atoms with van der Waals surface area (Å²) >= 11 is 0. The molecule has 8 heteroatoms. The number of aliphatic carboxylic acids is 1. The van der Waals surface area contributed by atoms with Crippen molar-refractivity contribution < 1.29 is 32.4 Å². The van der Waals surface area contributed by atoms with Gasteiger partial charge in [0.15, 0.2) is 5.25 Å². The van der Waals surface area contributed by atoms with Crippen molar-refractivity contribution in [2.45, 2.75) is 64.0 Å². The number of rotatable bonds is 12. The fourth-order valence-corrected chi connectivity index (χ4v) is 2.81. The molecule has 0 fully saturated rings. The second-order valence-corrected chi connectivity index (χ2v) is 6.90. The Balaban J connectivity index is 4.08. The average molecular weight is 338 g/mol. The van der Waals surface area contributed by atoms with Gasteiger partial charge >= 0.3 is 11.9 Å². The first-order valence-electron chi connectivity index (χ1n) is 7.57. The van der Waals surface area contributed by atoms with E-state index in [1.165, 1.54) is 0 Å². The molecule has 1 unspecified atom stereocenters. The number of carboxylic acids is 1. The summed E-state index contributed by atoms with van der Waals surface area (Å²) in [5, 5.41) is 6.49. The summed E-state index contributed by atoms with van der Waals surface area (Å²) in [6.07, 6.45) is 4.80. The summed E-state index contributed by atoms with van der Waals surface area (Å²) < 4.78 is 35.6. The van der Waals surface area contributed by atoms with Crippen LogP contribution in [0.15, 0.2) is 0 Å². The van der Waals surface area contributed by atoms with Crippen LogP contribution in [0.5, 0.6) is 0 Å². The Morgan fingerprint density at radius 2 is 1.68 bits per heavy atom. The summed E-state index contributed by atoms with van der Waals surface area (Å²) in [7, 11) is -4.78. The molecule has 0 heterocycles. The van der Waals surface area contributed by atoms with Crippen LogP contribution in [0, 0.1) is 5.92 Å². The number of carboxylic acid groups (broad SMARTS) is 1. The van der Waals surface area contributed by atoms with Gasteiger partial charge in [0.25, 0.3) is 10.1 Å². The topological polar surface area (TPSA) is 118 Å². The van der Waals surface area contributed by atoms with E-state index in [-0.39, 0.29) is 6.61 Å². The zero-order valence-electron chi connectivity index (χ0n) is 13.2. The maximum Gasteiger partial charge on any atom is 0.327 e. The van der Waals surface area contributed by atoms with Crippen LogP contribution >= 0.6 is 0 Å². The Hall–Kier alpha value is -1.15. The van der Waals surface area contributed by atoms with Crippen molar-refractivity contribution in [1.29, 1.82) is 0 Å². The highest BCUT2D eigenvalue weighted by atomic mass is 32.2. The van der Waals surface area contributed by atoms with Gasteiger partial charge in [-0.05, 0) is 12.3 Å². The van der Waals surface area contributed by atoms with Crippen molar-refractivity contribution >= 4 is 22.1 Å². The number of ether oxygens (including phenoxy) is 1. The lowest BCUT2D eigenvalue weighted by Gasteiger charge is -2.13. The van der Waals surface area contributed by atoms with Gasteiger partial charge in [-0.15, -0.1) is 0 Å². The molecule has 0 aromatic rings. The Morgan fingerprint density at radius 3 is 2.14 bits per heavy atom. The average Bonchev–Trinajstić information content (AvgIpc) is 2.42. The second kappa shape index (κ2) is 10.6. The van der Waals surface area contributed by atoms with Crippen LogP contribution in [0.4, 0.5) is 0 Å². The van der Waals surface area contributed by atoms with Gasteiger partial charge in [-0.3, -0.25) is 14.1 Å². The molecule has 1 atom stereocenters. The van der Waals surface area contributed by atoms with Gasteiger partial charge in [0, 0.05) is 0 Å². The Kier molecular flexibility index (Phi) is 10.0.